The highest BCUT2D eigenvalue weighted by Gasteiger charge is 2.10. The Balaban J connectivity index is 0.000000390. The first-order valence-corrected chi connectivity index (χ1v) is 14.9. The highest BCUT2D eigenvalue weighted by molar-refractivity contribution is 5.61. The largest absolute Gasteiger partial charge is 0.389 e. The molecule has 0 aromatic heterocycles. The molecule has 0 radical (unpaired) electrons. The zero-order chi connectivity index (χ0) is 30.6. The molecule has 0 aliphatic heterocycles. The molecule has 3 aromatic carbocycles. The number of rotatable bonds is 13. The van der Waals surface area contributed by atoms with E-state index >= 15 is 0 Å². The number of anilines is 1. The van der Waals surface area contributed by atoms with E-state index in [1.54, 1.807) is 0 Å². The van der Waals surface area contributed by atoms with Crippen LogP contribution < -0.4 is 10.2 Å². The zero-order valence-corrected chi connectivity index (χ0v) is 26.5. The van der Waals surface area contributed by atoms with Crippen LogP contribution in [0.1, 0.15) is 87.1 Å². The number of terminal acetylenes is 1. The number of allylic oxidation sites excluding steroid dienone is 3. The lowest BCUT2D eigenvalue weighted by atomic mass is 9.92. The van der Waals surface area contributed by atoms with E-state index < -0.39 is 0 Å². The normalized spacial score (nSPS) is 10.5. The van der Waals surface area contributed by atoms with E-state index in [4.69, 9.17) is 6.42 Å². The molecule has 3 rings (SSSR count). The second kappa shape index (κ2) is 20.0. The molecule has 0 aliphatic rings. The molecular formula is C39H52N2. The smallest absolute Gasteiger partial charge is 0.0525 e. The lowest BCUT2D eigenvalue weighted by molar-refractivity contribution is 0.576. The summed E-state index contributed by atoms with van der Waals surface area (Å²) in [5, 5.41) is 3.43. The van der Waals surface area contributed by atoms with Gasteiger partial charge in [-0.15, -0.1) is 13.0 Å². The predicted molar refractivity (Wildman–Crippen MR) is 184 cm³/mol. The molecule has 0 saturated heterocycles. The van der Waals surface area contributed by atoms with Gasteiger partial charge in [0, 0.05) is 31.4 Å². The Morgan fingerprint density at radius 2 is 1.63 bits per heavy atom. The maximum absolute atomic E-state index is 5.54. The van der Waals surface area contributed by atoms with E-state index in [9.17, 15) is 0 Å². The highest BCUT2D eigenvalue weighted by Crippen LogP contribution is 2.25. The molecule has 0 spiro atoms. The average molecular weight is 549 g/mol. The van der Waals surface area contributed by atoms with Gasteiger partial charge in [0.25, 0.3) is 0 Å². The topological polar surface area (TPSA) is 15.3 Å². The number of aryl methyl sites for hydroxylation is 1. The molecule has 2 heteroatoms. The summed E-state index contributed by atoms with van der Waals surface area (Å²) in [6, 6.07) is 25.3. The fourth-order valence-corrected chi connectivity index (χ4v) is 4.49. The summed E-state index contributed by atoms with van der Waals surface area (Å²) in [7, 11) is 2.07. The van der Waals surface area contributed by atoms with Crippen molar-refractivity contribution in [2.75, 3.05) is 18.5 Å². The minimum atomic E-state index is 0.601. The first kappa shape index (κ1) is 35.1. The third kappa shape index (κ3) is 12.4. The lowest BCUT2D eigenvalue weighted by Gasteiger charge is -2.21. The van der Waals surface area contributed by atoms with Gasteiger partial charge in [-0.05, 0) is 79.8 Å². The monoisotopic (exact) mass is 548 g/mol. The van der Waals surface area contributed by atoms with Crippen molar-refractivity contribution in [2.24, 2.45) is 0 Å². The van der Waals surface area contributed by atoms with Crippen molar-refractivity contribution >= 4 is 11.3 Å². The number of nitrogens with one attached hydrogen (secondary N) is 1. The SMILES string of the molecule is C#Cc1ccccc1N(C)Cc1ccccc1C.C=CCCC(=C)NCCC(CC)c1ccc(C(=C)C)cc1.CC. The van der Waals surface area contributed by atoms with Crippen molar-refractivity contribution in [3.05, 3.63) is 132 Å². The van der Waals surface area contributed by atoms with Gasteiger partial charge in [0.05, 0.1) is 5.69 Å². The van der Waals surface area contributed by atoms with Crippen LogP contribution in [0, 0.1) is 19.3 Å². The third-order valence-electron chi connectivity index (χ3n) is 7.03. The summed E-state index contributed by atoms with van der Waals surface area (Å²) in [6.45, 7) is 24.1. The maximum Gasteiger partial charge on any atom is 0.0525 e. The Hall–Kier alpha value is -3.96. The molecule has 0 fully saturated rings. The molecule has 2 nitrogen and oxygen atoms in total. The molecule has 218 valence electrons. The van der Waals surface area contributed by atoms with E-state index in [-0.39, 0.29) is 0 Å². The number of para-hydroxylation sites is 1. The maximum atomic E-state index is 5.54. The van der Waals surface area contributed by atoms with Gasteiger partial charge >= 0.3 is 0 Å². The van der Waals surface area contributed by atoms with Crippen molar-refractivity contribution in [1.82, 2.24) is 5.32 Å². The third-order valence-corrected chi connectivity index (χ3v) is 7.03. The molecule has 0 saturated carbocycles. The lowest BCUT2D eigenvalue weighted by Crippen LogP contribution is -2.18. The van der Waals surface area contributed by atoms with Crippen LogP contribution in [0.25, 0.3) is 5.57 Å². The van der Waals surface area contributed by atoms with Crippen LogP contribution in [0.4, 0.5) is 5.69 Å². The predicted octanol–water partition coefficient (Wildman–Crippen LogP) is 10.3. The van der Waals surface area contributed by atoms with Gasteiger partial charge in [0.1, 0.15) is 0 Å². The second-order valence-electron chi connectivity index (χ2n) is 10.1. The molecule has 1 unspecified atom stereocenters. The summed E-state index contributed by atoms with van der Waals surface area (Å²) >= 11 is 0. The van der Waals surface area contributed by atoms with E-state index in [1.165, 1.54) is 22.3 Å². The summed E-state index contributed by atoms with van der Waals surface area (Å²) in [5.74, 6) is 3.34. The molecule has 0 amide bonds. The van der Waals surface area contributed by atoms with Gasteiger partial charge in [-0.2, -0.15) is 0 Å². The Labute approximate surface area is 251 Å². The Bertz CT molecular complexity index is 1240. The molecule has 41 heavy (non-hydrogen) atoms. The van der Waals surface area contributed by atoms with Crippen molar-refractivity contribution in [2.45, 2.75) is 72.8 Å². The van der Waals surface area contributed by atoms with Gasteiger partial charge in [-0.1, -0.05) is 112 Å². The molecule has 3 aromatic rings. The van der Waals surface area contributed by atoms with Gasteiger partial charge < -0.3 is 10.2 Å². The van der Waals surface area contributed by atoms with E-state index in [0.717, 1.165) is 61.3 Å². The van der Waals surface area contributed by atoms with Crippen molar-refractivity contribution < 1.29 is 0 Å². The van der Waals surface area contributed by atoms with Crippen molar-refractivity contribution in [1.29, 1.82) is 0 Å². The number of nitrogens with zero attached hydrogens (tertiary/aromatic N) is 1. The molecule has 0 aliphatic carbocycles. The second-order valence-corrected chi connectivity index (χ2v) is 10.1. The highest BCUT2D eigenvalue weighted by atomic mass is 15.1. The van der Waals surface area contributed by atoms with Crippen LogP contribution in [0.5, 0.6) is 0 Å². The Morgan fingerprint density at radius 1 is 1.00 bits per heavy atom. The zero-order valence-electron chi connectivity index (χ0n) is 26.5. The van der Waals surface area contributed by atoms with Crippen LogP contribution in [0.2, 0.25) is 0 Å². The van der Waals surface area contributed by atoms with E-state index in [0.29, 0.717) is 5.92 Å². The summed E-state index contributed by atoms with van der Waals surface area (Å²) in [5.41, 5.74) is 9.55. The van der Waals surface area contributed by atoms with Crippen molar-refractivity contribution in [3.8, 4) is 12.3 Å². The van der Waals surface area contributed by atoms with Crippen LogP contribution in [-0.2, 0) is 6.54 Å². The summed E-state index contributed by atoms with van der Waals surface area (Å²) in [4.78, 5) is 2.19. The van der Waals surface area contributed by atoms with Gasteiger partial charge in [-0.3, -0.25) is 0 Å². The van der Waals surface area contributed by atoms with E-state index in [2.05, 4.69) is 111 Å². The Kier molecular flexibility index (Phi) is 17.1. The van der Waals surface area contributed by atoms with Crippen LogP contribution in [0.15, 0.2) is 104 Å². The molecule has 1 N–H and O–H groups in total. The number of benzene rings is 3. The van der Waals surface area contributed by atoms with Crippen molar-refractivity contribution in [3.63, 3.8) is 0 Å². The standard InChI is InChI=1S/C20H29N.C17H17N.C2H6/c1-6-8-9-17(5)21-15-14-18(7-2)20-12-10-19(11-13-20)16(3)4;1-4-15-10-7-8-12-17(15)18(3)13-16-11-6-5-9-14(16)2;1-2/h6,10-13,18,21H,1,3,5,7-9,14-15H2,2,4H3;1,5-12H,13H2,2-3H3;1-2H3. The quantitative estimate of drug-likeness (QED) is 0.169. The summed E-state index contributed by atoms with van der Waals surface area (Å²) < 4.78 is 0. The molecule has 0 heterocycles. The van der Waals surface area contributed by atoms with Gasteiger partial charge in [0.2, 0.25) is 0 Å². The van der Waals surface area contributed by atoms with Gasteiger partial charge in [0.15, 0.2) is 0 Å². The first-order chi connectivity index (χ1) is 19.8. The number of hydrogen-bond donors (Lipinski definition) is 1. The van der Waals surface area contributed by atoms with Crippen LogP contribution in [0.3, 0.4) is 0 Å². The summed E-state index contributed by atoms with van der Waals surface area (Å²) in [6.07, 6.45) is 11.7. The minimum Gasteiger partial charge on any atom is -0.389 e. The average Bonchev–Trinajstić information content (AvgIpc) is 3.00. The minimum absolute atomic E-state index is 0.601. The van der Waals surface area contributed by atoms with Gasteiger partial charge in [-0.25, -0.2) is 0 Å². The Morgan fingerprint density at radius 3 is 2.22 bits per heavy atom. The van der Waals surface area contributed by atoms with E-state index in [1.807, 2.05) is 45.0 Å². The number of hydrogen-bond acceptors (Lipinski definition) is 2. The fraction of sp³-hybridized carbons (Fsp3) is 0.333. The first-order valence-electron chi connectivity index (χ1n) is 14.9. The molecule has 0 bridgehead atoms. The van der Waals surface area contributed by atoms with Crippen LogP contribution in [-0.4, -0.2) is 13.6 Å². The fourth-order valence-electron chi connectivity index (χ4n) is 4.49. The molecular weight excluding hydrogens is 496 g/mol. The molecule has 1 atom stereocenters. The van der Waals surface area contributed by atoms with Crippen LogP contribution >= 0.6 is 0 Å².